The summed E-state index contributed by atoms with van der Waals surface area (Å²) in [5.74, 6) is -0.215. The van der Waals surface area contributed by atoms with E-state index in [1.54, 1.807) is 13.0 Å². The van der Waals surface area contributed by atoms with E-state index in [4.69, 9.17) is 4.74 Å². The summed E-state index contributed by atoms with van der Waals surface area (Å²) in [7, 11) is -2.62. The van der Waals surface area contributed by atoms with Gasteiger partial charge in [-0.1, -0.05) is 18.2 Å². The third kappa shape index (κ3) is 4.01. The molecule has 3 rings (SSSR count). The Morgan fingerprint density at radius 3 is 2.67 bits per heavy atom. The van der Waals surface area contributed by atoms with Gasteiger partial charge >= 0.3 is 0 Å². The minimum atomic E-state index is -3.99. The van der Waals surface area contributed by atoms with E-state index in [1.165, 1.54) is 31.5 Å². The Hall–Kier alpha value is -3.13. The van der Waals surface area contributed by atoms with Crippen LogP contribution in [0.1, 0.15) is 17.3 Å². The number of methoxy groups -OCH3 is 1. The minimum Gasteiger partial charge on any atom is -0.495 e. The van der Waals surface area contributed by atoms with Crippen LogP contribution in [0.25, 0.3) is 10.9 Å². The van der Waals surface area contributed by atoms with Crippen molar-refractivity contribution in [1.29, 1.82) is 0 Å². The van der Waals surface area contributed by atoms with Gasteiger partial charge in [-0.15, -0.1) is 0 Å². The molecule has 0 unspecified atom stereocenters. The summed E-state index contributed by atoms with van der Waals surface area (Å²) in [6.45, 7) is 2.22. The van der Waals surface area contributed by atoms with Gasteiger partial charge in [0.2, 0.25) is 0 Å². The predicted molar refractivity (Wildman–Crippen MR) is 104 cm³/mol. The van der Waals surface area contributed by atoms with E-state index in [0.717, 1.165) is 10.9 Å². The van der Waals surface area contributed by atoms with Crippen LogP contribution in [-0.4, -0.2) is 33.0 Å². The first-order valence-electron chi connectivity index (χ1n) is 8.28. The van der Waals surface area contributed by atoms with Crippen LogP contribution >= 0.6 is 0 Å². The third-order valence-electron chi connectivity index (χ3n) is 3.90. The molecule has 7 nitrogen and oxygen atoms in total. The normalized spacial score (nSPS) is 11.2. The first-order valence-corrected chi connectivity index (χ1v) is 9.77. The summed E-state index contributed by atoms with van der Waals surface area (Å²) < 4.78 is 33.5. The SMILES string of the molecule is CCNC(=O)c1ccc(OC)c(S(=O)(=O)Nc2cnc3ccccc3c2)c1. The number of hydrogen-bond donors (Lipinski definition) is 2. The molecule has 0 aliphatic carbocycles. The average Bonchev–Trinajstić information content (AvgIpc) is 2.67. The van der Waals surface area contributed by atoms with Gasteiger partial charge in [-0.05, 0) is 37.3 Å². The lowest BCUT2D eigenvalue weighted by molar-refractivity contribution is 0.0955. The molecule has 3 aromatic rings. The number of rotatable bonds is 6. The van der Waals surface area contributed by atoms with E-state index in [9.17, 15) is 13.2 Å². The van der Waals surface area contributed by atoms with Crippen LogP contribution < -0.4 is 14.8 Å². The highest BCUT2D eigenvalue weighted by molar-refractivity contribution is 7.92. The number of carbonyl (C=O) groups is 1. The smallest absolute Gasteiger partial charge is 0.265 e. The van der Waals surface area contributed by atoms with Crippen molar-refractivity contribution in [2.75, 3.05) is 18.4 Å². The van der Waals surface area contributed by atoms with Crippen molar-refractivity contribution in [3.05, 3.63) is 60.3 Å². The highest BCUT2D eigenvalue weighted by Crippen LogP contribution is 2.27. The molecule has 0 aliphatic heterocycles. The predicted octanol–water partition coefficient (Wildman–Crippen LogP) is 2.79. The van der Waals surface area contributed by atoms with E-state index in [0.29, 0.717) is 12.2 Å². The maximum absolute atomic E-state index is 12.9. The molecule has 2 aromatic carbocycles. The van der Waals surface area contributed by atoms with Crippen molar-refractivity contribution >= 4 is 32.5 Å². The molecule has 0 spiro atoms. The van der Waals surface area contributed by atoms with Crippen LogP contribution in [0.15, 0.2) is 59.6 Å². The summed E-state index contributed by atoms with van der Waals surface area (Å²) in [5, 5.41) is 3.45. The minimum absolute atomic E-state index is 0.123. The average molecular weight is 385 g/mol. The number of benzene rings is 2. The number of pyridine rings is 1. The Labute approximate surface area is 157 Å². The zero-order chi connectivity index (χ0) is 19.4. The van der Waals surface area contributed by atoms with Gasteiger partial charge in [-0.25, -0.2) is 8.42 Å². The Morgan fingerprint density at radius 1 is 1.15 bits per heavy atom. The monoisotopic (exact) mass is 385 g/mol. The first-order chi connectivity index (χ1) is 12.9. The zero-order valence-corrected chi connectivity index (χ0v) is 15.7. The molecule has 1 amide bonds. The molecule has 1 aromatic heterocycles. The Balaban J connectivity index is 1.99. The van der Waals surface area contributed by atoms with Crippen molar-refractivity contribution < 1.29 is 17.9 Å². The van der Waals surface area contributed by atoms with Crippen LogP contribution in [0, 0.1) is 0 Å². The van der Waals surface area contributed by atoms with Crippen molar-refractivity contribution in [2.24, 2.45) is 0 Å². The number of fused-ring (bicyclic) bond motifs is 1. The molecule has 0 aliphatic rings. The second-order valence-corrected chi connectivity index (χ2v) is 7.40. The van der Waals surface area contributed by atoms with Crippen molar-refractivity contribution in [1.82, 2.24) is 10.3 Å². The van der Waals surface area contributed by atoms with Gasteiger partial charge < -0.3 is 10.1 Å². The lowest BCUT2D eigenvalue weighted by atomic mass is 10.2. The fourth-order valence-electron chi connectivity index (χ4n) is 2.63. The fourth-order valence-corrected chi connectivity index (χ4v) is 3.86. The molecule has 0 saturated heterocycles. The summed E-state index contributed by atoms with van der Waals surface area (Å²) in [5.41, 5.74) is 1.31. The van der Waals surface area contributed by atoms with E-state index in [2.05, 4.69) is 15.0 Å². The molecule has 8 heteroatoms. The molecule has 0 atom stereocenters. The largest absolute Gasteiger partial charge is 0.495 e. The molecule has 27 heavy (non-hydrogen) atoms. The number of ether oxygens (including phenoxy) is 1. The Morgan fingerprint density at radius 2 is 1.93 bits per heavy atom. The van der Waals surface area contributed by atoms with Gasteiger partial charge in [0.1, 0.15) is 10.6 Å². The summed E-state index contributed by atoms with van der Waals surface area (Å²) >= 11 is 0. The van der Waals surface area contributed by atoms with E-state index < -0.39 is 10.0 Å². The number of aromatic nitrogens is 1. The van der Waals surface area contributed by atoms with Gasteiger partial charge in [-0.2, -0.15) is 0 Å². The van der Waals surface area contributed by atoms with Crippen LogP contribution in [-0.2, 0) is 10.0 Å². The first kappa shape index (κ1) is 18.7. The van der Waals surface area contributed by atoms with Crippen LogP contribution in [0.3, 0.4) is 0 Å². The number of hydrogen-bond acceptors (Lipinski definition) is 5. The summed E-state index contributed by atoms with van der Waals surface area (Å²) in [6, 6.07) is 13.3. The lowest BCUT2D eigenvalue weighted by Gasteiger charge is -2.13. The van der Waals surface area contributed by atoms with Crippen LogP contribution in [0.5, 0.6) is 5.75 Å². The number of sulfonamides is 1. The van der Waals surface area contributed by atoms with Crippen molar-refractivity contribution in [3.63, 3.8) is 0 Å². The van der Waals surface area contributed by atoms with Gasteiger partial charge in [0.15, 0.2) is 0 Å². The standard InChI is InChI=1S/C19H19N3O4S/c1-3-20-19(23)14-8-9-17(26-2)18(11-14)27(24,25)22-15-10-13-6-4-5-7-16(13)21-12-15/h4-12,22H,3H2,1-2H3,(H,20,23). The molecule has 2 N–H and O–H groups in total. The Kier molecular flexibility index (Phi) is 5.27. The van der Waals surface area contributed by atoms with Gasteiger partial charge in [0, 0.05) is 17.5 Å². The number of nitrogens with one attached hydrogen (secondary N) is 2. The number of para-hydroxylation sites is 1. The van der Waals surface area contributed by atoms with E-state index >= 15 is 0 Å². The second-order valence-electron chi connectivity index (χ2n) is 5.75. The van der Waals surface area contributed by atoms with Gasteiger partial charge in [0.25, 0.3) is 15.9 Å². The molecule has 0 bridgehead atoms. The van der Waals surface area contributed by atoms with E-state index in [1.807, 2.05) is 24.3 Å². The molecule has 140 valence electrons. The summed E-state index contributed by atoms with van der Waals surface area (Å²) in [6.07, 6.45) is 1.44. The zero-order valence-electron chi connectivity index (χ0n) is 14.9. The maximum Gasteiger partial charge on any atom is 0.265 e. The highest BCUT2D eigenvalue weighted by Gasteiger charge is 2.22. The molecule has 0 fully saturated rings. The third-order valence-corrected chi connectivity index (χ3v) is 5.30. The number of carbonyl (C=O) groups excluding carboxylic acids is 1. The maximum atomic E-state index is 12.9. The molecule has 1 heterocycles. The van der Waals surface area contributed by atoms with Crippen LogP contribution in [0.4, 0.5) is 5.69 Å². The lowest BCUT2D eigenvalue weighted by Crippen LogP contribution is -2.23. The van der Waals surface area contributed by atoms with E-state index in [-0.39, 0.29) is 22.1 Å². The van der Waals surface area contributed by atoms with Gasteiger partial charge in [0.05, 0.1) is 24.5 Å². The highest BCUT2D eigenvalue weighted by atomic mass is 32.2. The Bertz CT molecular complexity index is 1100. The van der Waals surface area contributed by atoms with Gasteiger partial charge in [-0.3, -0.25) is 14.5 Å². The quantitative estimate of drug-likeness (QED) is 0.680. The number of nitrogens with zero attached hydrogens (tertiary/aromatic N) is 1. The van der Waals surface area contributed by atoms with Crippen molar-refractivity contribution in [3.8, 4) is 5.75 Å². The molecule has 0 radical (unpaired) electrons. The number of amides is 1. The topological polar surface area (TPSA) is 97.4 Å². The summed E-state index contributed by atoms with van der Waals surface area (Å²) in [4.78, 5) is 16.2. The molecular formula is C19H19N3O4S. The number of anilines is 1. The molecular weight excluding hydrogens is 366 g/mol. The molecule has 0 saturated carbocycles. The van der Waals surface area contributed by atoms with Crippen LogP contribution in [0.2, 0.25) is 0 Å². The fraction of sp³-hybridized carbons (Fsp3) is 0.158. The van der Waals surface area contributed by atoms with Crippen molar-refractivity contribution in [2.45, 2.75) is 11.8 Å². The second kappa shape index (κ2) is 7.63.